The minimum Gasteiger partial charge on any atom is -0.462 e. The molecule has 0 aromatic carbocycles. The highest BCUT2D eigenvalue weighted by atomic mass is 16.6. The highest BCUT2D eigenvalue weighted by molar-refractivity contribution is 5.71. The normalized spacial score (nSPS) is 12.3. The fourth-order valence-corrected chi connectivity index (χ4v) is 7.20. The van der Waals surface area contributed by atoms with Crippen LogP contribution in [0.15, 0.2) is 36.5 Å². The molecule has 0 aromatic heterocycles. The summed E-state index contributed by atoms with van der Waals surface area (Å²) >= 11 is 0. The van der Waals surface area contributed by atoms with Crippen LogP contribution in [-0.2, 0) is 28.6 Å². The van der Waals surface area contributed by atoms with Crippen molar-refractivity contribution >= 4 is 17.9 Å². The number of hydrogen-bond donors (Lipinski definition) is 0. The largest absolute Gasteiger partial charge is 0.462 e. The molecular weight excluding hydrogens is 733 g/mol. The lowest BCUT2D eigenvalue weighted by Crippen LogP contribution is -2.30. The van der Waals surface area contributed by atoms with Crippen LogP contribution in [0.2, 0.25) is 0 Å². The number of carbonyl (C=O) groups excluding carboxylic acids is 3. The van der Waals surface area contributed by atoms with E-state index in [1.807, 2.05) is 0 Å². The van der Waals surface area contributed by atoms with Crippen molar-refractivity contribution in [1.29, 1.82) is 0 Å². The number of allylic oxidation sites excluding steroid dienone is 6. The first-order chi connectivity index (χ1) is 29.0. The van der Waals surface area contributed by atoms with E-state index < -0.39 is 6.10 Å². The van der Waals surface area contributed by atoms with Crippen molar-refractivity contribution in [3.05, 3.63) is 36.5 Å². The van der Waals surface area contributed by atoms with Crippen molar-refractivity contribution in [2.75, 3.05) is 13.2 Å². The number of unbranched alkanes of at least 4 members (excludes halogenated alkanes) is 29. The summed E-state index contributed by atoms with van der Waals surface area (Å²) in [6, 6.07) is 0. The first-order valence-corrected chi connectivity index (χ1v) is 25.5. The molecular formula is C53H96O6. The minimum absolute atomic E-state index is 0.0792. The maximum atomic E-state index is 12.7. The van der Waals surface area contributed by atoms with E-state index in [9.17, 15) is 14.4 Å². The maximum absolute atomic E-state index is 12.7. The molecule has 0 fully saturated rings. The topological polar surface area (TPSA) is 78.9 Å². The molecule has 0 aliphatic carbocycles. The fraction of sp³-hybridized carbons (Fsp3) is 0.830. The van der Waals surface area contributed by atoms with Crippen LogP contribution in [-0.4, -0.2) is 37.2 Å². The van der Waals surface area contributed by atoms with Crippen molar-refractivity contribution < 1.29 is 28.6 Å². The average molecular weight is 829 g/mol. The van der Waals surface area contributed by atoms with E-state index in [0.29, 0.717) is 19.3 Å². The Morgan fingerprint density at radius 2 is 0.593 bits per heavy atom. The van der Waals surface area contributed by atoms with Gasteiger partial charge < -0.3 is 14.2 Å². The monoisotopic (exact) mass is 829 g/mol. The maximum Gasteiger partial charge on any atom is 0.306 e. The summed E-state index contributed by atoms with van der Waals surface area (Å²) in [5.74, 6) is -0.897. The van der Waals surface area contributed by atoms with E-state index in [4.69, 9.17) is 14.2 Å². The summed E-state index contributed by atoms with van der Waals surface area (Å²) in [6.45, 7) is 6.55. The molecule has 0 saturated carbocycles. The lowest BCUT2D eigenvalue weighted by molar-refractivity contribution is -0.167. The van der Waals surface area contributed by atoms with Crippen LogP contribution < -0.4 is 0 Å². The van der Waals surface area contributed by atoms with E-state index in [2.05, 4.69) is 57.2 Å². The average Bonchev–Trinajstić information content (AvgIpc) is 3.23. The van der Waals surface area contributed by atoms with Gasteiger partial charge in [-0.3, -0.25) is 14.4 Å². The molecule has 0 aliphatic rings. The van der Waals surface area contributed by atoms with Crippen LogP contribution in [0.25, 0.3) is 0 Å². The molecule has 59 heavy (non-hydrogen) atoms. The van der Waals surface area contributed by atoms with Gasteiger partial charge in [0.2, 0.25) is 0 Å². The van der Waals surface area contributed by atoms with Gasteiger partial charge in [-0.15, -0.1) is 0 Å². The Kier molecular flexibility index (Phi) is 46.4. The Morgan fingerprint density at radius 1 is 0.322 bits per heavy atom. The lowest BCUT2D eigenvalue weighted by Gasteiger charge is -2.18. The van der Waals surface area contributed by atoms with Gasteiger partial charge in [0.05, 0.1) is 0 Å². The van der Waals surface area contributed by atoms with E-state index in [0.717, 1.165) is 83.5 Å². The third-order valence-corrected chi connectivity index (χ3v) is 11.1. The molecule has 6 heteroatoms. The summed E-state index contributed by atoms with van der Waals surface area (Å²) in [7, 11) is 0. The number of ether oxygens (including phenoxy) is 3. The molecule has 0 aromatic rings. The van der Waals surface area contributed by atoms with Gasteiger partial charge in [0.25, 0.3) is 0 Å². The molecule has 0 spiro atoms. The number of esters is 3. The SMILES string of the molecule is CCC/C=C\CCCCCCCC(=O)OCC(COC(=O)CCCCCCCCC/C=C\CCCCCCCCC)OC(=O)CCCCCCC/C=C\CCCCCC. The third kappa shape index (κ3) is 46.5. The minimum atomic E-state index is -0.778. The zero-order chi connectivity index (χ0) is 43.0. The summed E-state index contributed by atoms with van der Waals surface area (Å²) in [5, 5.41) is 0. The van der Waals surface area contributed by atoms with Crippen LogP contribution in [0, 0.1) is 0 Å². The van der Waals surface area contributed by atoms with Gasteiger partial charge >= 0.3 is 17.9 Å². The van der Waals surface area contributed by atoms with Crippen molar-refractivity contribution in [3.8, 4) is 0 Å². The van der Waals surface area contributed by atoms with Crippen LogP contribution in [0.5, 0.6) is 0 Å². The second-order valence-corrected chi connectivity index (χ2v) is 17.1. The number of carbonyl (C=O) groups is 3. The smallest absolute Gasteiger partial charge is 0.306 e. The lowest BCUT2D eigenvalue weighted by atomic mass is 10.1. The molecule has 0 bridgehead atoms. The molecule has 0 amide bonds. The van der Waals surface area contributed by atoms with Crippen molar-refractivity contribution in [1.82, 2.24) is 0 Å². The van der Waals surface area contributed by atoms with Gasteiger partial charge in [-0.1, -0.05) is 192 Å². The van der Waals surface area contributed by atoms with Gasteiger partial charge in [-0.05, 0) is 89.9 Å². The fourth-order valence-electron chi connectivity index (χ4n) is 7.20. The third-order valence-electron chi connectivity index (χ3n) is 11.1. The molecule has 344 valence electrons. The zero-order valence-corrected chi connectivity index (χ0v) is 39.3. The van der Waals surface area contributed by atoms with Gasteiger partial charge in [0, 0.05) is 19.3 Å². The van der Waals surface area contributed by atoms with Crippen LogP contribution in [0.3, 0.4) is 0 Å². The Bertz CT molecular complexity index is 1000. The summed E-state index contributed by atoms with van der Waals surface area (Å²) in [6.07, 6.45) is 55.6. The first-order valence-electron chi connectivity index (χ1n) is 25.5. The van der Waals surface area contributed by atoms with Crippen LogP contribution in [0.4, 0.5) is 0 Å². The van der Waals surface area contributed by atoms with E-state index in [1.165, 1.54) is 141 Å². The molecule has 0 saturated heterocycles. The molecule has 0 radical (unpaired) electrons. The first kappa shape index (κ1) is 56.6. The number of rotatable bonds is 46. The summed E-state index contributed by atoms with van der Waals surface area (Å²) in [4.78, 5) is 37.9. The predicted octanol–water partition coefficient (Wildman–Crippen LogP) is 16.5. The Balaban J connectivity index is 4.32. The van der Waals surface area contributed by atoms with E-state index >= 15 is 0 Å². The predicted molar refractivity (Wildman–Crippen MR) is 252 cm³/mol. The molecule has 1 atom stereocenters. The van der Waals surface area contributed by atoms with Crippen LogP contribution >= 0.6 is 0 Å². The quantitative estimate of drug-likeness (QED) is 0.0263. The van der Waals surface area contributed by atoms with Gasteiger partial charge in [-0.25, -0.2) is 0 Å². The highest BCUT2D eigenvalue weighted by Crippen LogP contribution is 2.14. The van der Waals surface area contributed by atoms with Crippen LogP contribution in [0.1, 0.15) is 265 Å². The van der Waals surface area contributed by atoms with E-state index in [1.54, 1.807) is 0 Å². The second kappa shape index (κ2) is 48.3. The number of hydrogen-bond acceptors (Lipinski definition) is 6. The molecule has 6 nitrogen and oxygen atoms in total. The highest BCUT2D eigenvalue weighted by Gasteiger charge is 2.19. The molecule has 0 N–H and O–H groups in total. The van der Waals surface area contributed by atoms with Gasteiger partial charge in [0.1, 0.15) is 13.2 Å². The molecule has 1 unspecified atom stereocenters. The summed E-state index contributed by atoms with van der Waals surface area (Å²) in [5.41, 5.74) is 0. The van der Waals surface area contributed by atoms with Crippen molar-refractivity contribution in [2.24, 2.45) is 0 Å². The van der Waals surface area contributed by atoms with Gasteiger partial charge in [0.15, 0.2) is 6.10 Å². The molecule has 0 heterocycles. The van der Waals surface area contributed by atoms with Crippen molar-refractivity contribution in [2.45, 2.75) is 271 Å². The van der Waals surface area contributed by atoms with E-state index in [-0.39, 0.29) is 31.1 Å². The Hall–Kier alpha value is -2.37. The summed E-state index contributed by atoms with van der Waals surface area (Å²) < 4.78 is 16.7. The Labute approximate surface area is 365 Å². The van der Waals surface area contributed by atoms with Crippen molar-refractivity contribution in [3.63, 3.8) is 0 Å². The molecule has 0 aliphatic heterocycles. The molecule has 0 rings (SSSR count). The zero-order valence-electron chi connectivity index (χ0n) is 39.3. The Morgan fingerprint density at radius 3 is 0.932 bits per heavy atom. The van der Waals surface area contributed by atoms with Gasteiger partial charge in [-0.2, -0.15) is 0 Å². The standard InChI is InChI=1S/C53H96O6/c1-4-7-10-13-16-19-22-24-25-26-27-28-30-31-34-37-40-43-46-52(55)58-49-50(48-57-51(54)45-42-39-36-33-21-18-15-12-9-6-3)59-53(56)47-44-41-38-35-32-29-23-20-17-14-11-8-5-2/h12,15,20,23,25-26,50H,4-11,13-14,16-19,21-22,24,27-49H2,1-3H3/b15-12-,23-20-,26-25-. The second-order valence-electron chi connectivity index (χ2n) is 17.1.